The van der Waals surface area contributed by atoms with E-state index in [4.69, 9.17) is 5.41 Å². The molecule has 0 amide bonds. The van der Waals surface area contributed by atoms with Gasteiger partial charge in [0.15, 0.2) is 0 Å². The molecular weight excluding hydrogens is 110 g/mol. The minimum Gasteiger partial charge on any atom is -0.309 e. The van der Waals surface area contributed by atoms with E-state index in [9.17, 15) is 0 Å². The molecule has 2 aliphatic rings. The summed E-state index contributed by atoms with van der Waals surface area (Å²) in [4.78, 5) is 0. The summed E-state index contributed by atoms with van der Waals surface area (Å²) < 4.78 is 0. The van der Waals surface area contributed by atoms with Crippen molar-refractivity contribution < 1.29 is 0 Å². The maximum Gasteiger partial charge on any atom is 0.0151 e. The molecule has 0 aliphatic heterocycles. The molecular formula is C8H13N. The van der Waals surface area contributed by atoms with Crippen molar-refractivity contribution in [3.8, 4) is 0 Å². The Morgan fingerprint density at radius 1 is 1.00 bits per heavy atom. The maximum absolute atomic E-state index is 7.66. The standard InChI is InChI=1S/C8H13N/c9-8(7-4-5-7)6-2-1-3-6/h6-7,9H,1-5H2. The third-order valence-corrected chi connectivity index (χ3v) is 2.56. The van der Waals surface area contributed by atoms with Crippen LogP contribution in [-0.2, 0) is 0 Å². The second kappa shape index (κ2) is 1.83. The molecule has 0 spiro atoms. The van der Waals surface area contributed by atoms with Crippen LogP contribution in [0.15, 0.2) is 0 Å². The van der Waals surface area contributed by atoms with Crippen molar-refractivity contribution in [3.63, 3.8) is 0 Å². The van der Waals surface area contributed by atoms with Gasteiger partial charge in [0.1, 0.15) is 0 Å². The summed E-state index contributed by atoms with van der Waals surface area (Å²) in [6.07, 6.45) is 6.63. The van der Waals surface area contributed by atoms with Crippen LogP contribution >= 0.6 is 0 Å². The molecule has 2 rings (SSSR count). The zero-order valence-electron chi connectivity index (χ0n) is 5.69. The quantitative estimate of drug-likeness (QED) is 0.544. The van der Waals surface area contributed by atoms with Crippen LogP contribution < -0.4 is 0 Å². The molecule has 0 aromatic heterocycles. The maximum atomic E-state index is 7.66. The van der Waals surface area contributed by atoms with Gasteiger partial charge in [-0.05, 0) is 37.5 Å². The number of hydrogen-bond donors (Lipinski definition) is 1. The van der Waals surface area contributed by atoms with Gasteiger partial charge in [0.2, 0.25) is 0 Å². The summed E-state index contributed by atoms with van der Waals surface area (Å²) >= 11 is 0. The summed E-state index contributed by atoms with van der Waals surface area (Å²) in [6.45, 7) is 0. The van der Waals surface area contributed by atoms with Gasteiger partial charge in [0.05, 0.1) is 0 Å². The predicted molar refractivity (Wildman–Crippen MR) is 37.8 cm³/mol. The molecule has 0 radical (unpaired) electrons. The molecule has 9 heavy (non-hydrogen) atoms. The second-order valence-electron chi connectivity index (χ2n) is 3.36. The van der Waals surface area contributed by atoms with E-state index in [1.54, 1.807) is 0 Å². The van der Waals surface area contributed by atoms with Gasteiger partial charge in [-0.2, -0.15) is 0 Å². The van der Waals surface area contributed by atoms with E-state index in [1.165, 1.54) is 32.1 Å². The summed E-state index contributed by atoms with van der Waals surface area (Å²) in [5.41, 5.74) is 1.08. The van der Waals surface area contributed by atoms with Gasteiger partial charge in [0, 0.05) is 5.71 Å². The van der Waals surface area contributed by atoms with Crippen molar-refractivity contribution in [1.82, 2.24) is 0 Å². The van der Waals surface area contributed by atoms with Crippen LogP contribution in [0.2, 0.25) is 0 Å². The first-order valence-corrected chi connectivity index (χ1v) is 3.96. The van der Waals surface area contributed by atoms with Gasteiger partial charge in [0.25, 0.3) is 0 Å². The fourth-order valence-corrected chi connectivity index (χ4v) is 1.45. The van der Waals surface area contributed by atoms with Crippen LogP contribution in [0.5, 0.6) is 0 Å². The zero-order chi connectivity index (χ0) is 6.27. The van der Waals surface area contributed by atoms with Crippen molar-refractivity contribution >= 4 is 5.71 Å². The highest BCUT2D eigenvalue weighted by molar-refractivity contribution is 5.88. The molecule has 1 heteroatoms. The van der Waals surface area contributed by atoms with Crippen molar-refractivity contribution in [2.24, 2.45) is 11.8 Å². The molecule has 2 saturated carbocycles. The Kier molecular flexibility index (Phi) is 1.11. The molecule has 0 bridgehead atoms. The molecule has 0 aromatic carbocycles. The lowest BCUT2D eigenvalue weighted by atomic mass is 9.80. The van der Waals surface area contributed by atoms with E-state index in [2.05, 4.69) is 0 Å². The Bertz CT molecular complexity index is 132. The van der Waals surface area contributed by atoms with E-state index < -0.39 is 0 Å². The molecule has 0 aromatic rings. The molecule has 50 valence electrons. The average molecular weight is 123 g/mol. The lowest BCUT2D eigenvalue weighted by Crippen LogP contribution is -2.22. The van der Waals surface area contributed by atoms with Crippen LogP contribution in [0.3, 0.4) is 0 Å². The van der Waals surface area contributed by atoms with Gasteiger partial charge in [-0.15, -0.1) is 0 Å². The van der Waals surface area contributed by atoms with E-state index >= 15 is 0 Å². The SMILES string of the molecule is N=C(C1CCC1)C1CC1. The Morgan fingerprint density at radius 3 is 1.89 bits per heavy atom. The summed E-state index contributed by atoms with van der Waals surface area (Å²) in [7, 11) is 0. The first kappa shape index (κ1) is 5.45. The zero-order valence-corrected chi connectivity index (χ0v) is 5.69. The lowest BCUT2D eigenvalue weighted by molar-refractivity contribution is 0.405. The second-order valence-corrected chi connectivity index (χ2v) is 3.36. The smallest absolute Gasteiger partial charge is 0.0151 e. The van der Waals surface area contributed by atoms with Crippen LogP contribution in [0.1, 0.15) is 32.1 Å². The van der Waals surface area contributed by atoms with E-state index in [1.807, 2.05) is 0 Å². The van der Waals surface area contributed by atoms with E-state index in [0.717, 1.165) is 17.5 Å². The Hall–Kier alpha value is -0.330. The molecule has 1 nitrogen and oxygen atoms in total. The van der Waals surface area contributed by atoms with Crippen molar-refractivity contribution in [2.75, 3.05) is 0 Å². The molecule has 0 heterocycles. The van der Waals surface area contributed by atoms with Crippen LogP contribution in [0.25, 0.3) is 0 Å². The number of hydrogen-bond acceptors (Lipinski definition) is 1. The Labute approximate surface area is 56.0 Å². The normalized spacial score (nSPS) is 27.6. The fraction of sp³-hybridized carbons (Fsp3) is 0.875. The molecule has 0 saturated heterocycles. The third-order valence-electron chi connectivity index (χ3n) is 2.56. The third kappa shape index (κ3) is 0.887. The summed E-state index contributed by atoms with van der Waals surface area (Å²) in [5.74, 6) is 1.45. The van der Waals surface area contributed by atoms with Crippen molar-refractivity contribution in [1.29, 1.82) is 5.41 Å². The van der Waals surface area contributed by atoms with Crippen LogP contribution in [0, 0.1) is 17.2 Å². The molecule has 2 aliphatic carbocycles. The Morgan fingerprint density at radius 2 is 1.56 bits per heavy atom. The fourth-order valence-electron chi connectivity index (χ4n) is 1.45. The summed E-state index contributed by atoms with van der Waals surface area (Å²) in [6, 6.07) is 0. The average Bonchev–Trinajstić information content (AvgIpc) is 2.37. The van der Waals surface area contributed by atoms with Crippen LogP contribution in [-0.4, -0.2) is 5.71 Å². The van der Waals surface area contributed by atoms with Gasteiger partial charge in [-0.3, -0.25) is 0 Å². The number of rotatable bonds is 2. The number of nitrogens with one attached hydrogen (secondary N) is 1. The molecule has 0 atom stereocenters. The molecule has 0 unspecified atom stereocenters. The molecule has 2 fully saturated rings. The predicted octanol–water partition coefficient (Wildman–Crippen LogP) is 2.22. The van der Waals surface area contributed by atoms with E-state index in [0.29, 0.717) is 0 Å². The van der Waals surface area contributed by atoms with E-state index in [-0.39, 0.29) is 0 Å². The van der Waals surface area contributed by atoms with Gasteiger partial charge in [-0.1, -0.05) is 6.42 Å². The van der Waals surface area contributed by atoms with Crippen molar-refractivity contribution in [3.05, 3.63) is 0 Å². The highest BCUT2D eigenvalue weighted by Gasteiger charge is 2.33. The highest BCUT2D eigenvalue weighted by atomic mass is 14.5. The van der Waals surface area contributed by atoms with Gasteiger partial charge in [-0.25, -0.2) is 0 Å². The van der Waals surface area contributed by atoms with Crippen molar-refractivity contribution in [2.45, 2.75) is 32.1 Å². The topological polar surface area (TPSA) is 23.9 Å². The first-order chi connectivity index (χ1) is 4.38. The minimum atomic E-state index is 0.720. The Balaban J connectivity index is 1.88. The van der Waals surface area contributed by atoms with Gasteiger partial charge < -0.3 is 5.41 Å². The largest absolute Gasteiger partial charge is 0.309 e. The first-order valence-electron chi connectivity index (χ1n) is 3.96. The van der Waals surface area contributed by atoms with Crippen LogP contribution in [0.4, 0.5) is 0 Å². The lowest BCUT2D eigenvalue weighted by Gasteiger charge is -2.25. The van der Waals surface area contributed by atoms with Gasteiger partial charge >= 0.3 is 0 Å². The monoisotopic (exact) mass is 123 g/mol. The molecule has 1 N–H and O–H groups in total. The minimum absolute atomic E-state index is 0.720. The summed E-state index contributed by atoms with van der Waals surface area (Å²) in [5, 5.41) is 7.66. The highest BCUT2D eigenvalue weighted by Crippen LogP contribution is 2.38.